The highest BCUT2D eigenvalue weighted by Crippen LogP contribution is 2.38. The third-order valence-corrected chi connectivity index (χ3v) is 16.1. The lowest BCUT2D eigenvalue weighted by molar-refractivity contribution is -0.870. The van der Waals surface area contributed by atoms with Crippen molar-refractivity contribution in [3.8, 4) is 0 Å². The van der Waals surface area contributed by atoms with Gasteiger partial charge >= 0.3 is 5.97 Å². The Morgan fingerprint density at radius 2 is 0.790 bits per heavy atom. The first-order chi connectivity index (χ1) is 39.4. The van der Waals surface area contributed by atoms with Crippen molar-refractivity contribution >= 4 is 19.7 Å². The number of allylic oxidation sites excluding steroid dienone is 11. The van der Waals surface area contributed by atoms with E-state index >= 15 is 0 Å². The molecule has 0 fully saturated rings. The fourth-order valence-corrected chi connectivity index (χ4v) is 10.6. The minimum Gasteiger partial charge on any atom is -0.756 e. The zero-order valence-corrected chi connectivity index (χ0v) is 54.9. The van der Waals surface area contributed by atoms with Crippen LogP contribution in [0.5, 0.6) is 0 Å². The van der Waals surface area contributed by atoms with E-state index in [0.29, 0.717) is 17.4 Å². The van der Waals surface area contributed by atoms with Crippen molar-refractivity contribution in [2.75, 3.05) is 40.9 Å². The maximum absolute atomic E-state index is 13.6. The molecule has 3 unspecified atom stereocenters. The molecule has 1 N–H and O–H groups in total. The van der Waals surface area contributed by atoms with E-state index in [4.69, 9.17) is 13.8 Å². The normalized spacial score (nSPS) is 14.0. The fourth-order valence-electron chi connectivity index (χ4n) is 9.90. The molecule has 3 atom stereocenters. The van der Waals surface area contributed by atoms with Gasteiger partial charge in [0.05, 0.1) is 33.8 Å². The molecule has 1 amide bonds. The number of unbranched alkanes of at least 4 members (excludes halogenated alkanes) is 36. The van der Waals surface area contributed by atoms with Gasteiger partial charge in [-0.3, -0.25) is 14.2 Å². The Labute approximate surface area is 502 Å². The van der Waals surface area contributed by atoms with E-state index in [-0.39, 0.29) is 31.5 Å². The molecule has 0 rings (SSSR count). The van der Waals surface area contributed by atoms with Crippen LogP contribution in [-0.4, -0.2) is 69.4 Å². The van der Waals surface area contributed by atoms with Crippen LogP contribution < -0.4 is 10.2 Å². The highest BCUT2D eigenvalue weighted by molar-refractivity contribution is 7.45. The van der Waals surface area contributed by atoms with Crippen LogP contribution in [0.4, 0.5) is 0 Å². The topological polar surface area (TPSA) is 114 Å². The van der Waals surface area contributed by atoms with E-state index in [1.165, 1.54) is 193 Å². The zero-order chi connectivity index (χ0) is 59.3. The molecule has 0 spiro atoms. The molecule has 0 saturated heterocycles. The molecule has 0 aromatic carbocycles. The molecule has 0 bridgehead atoms. The maximum Gasteiger partial charge on any atom is 0.306 e. The number of carbonyl (C=O) groups excluding carboxylic acids is 2. The lowest BCUT2D eigenvalue weighted by Crippen LogP contribution is -2.47. The van der Waals surface area contributed by atoms with E-state index in [1.54, 1.807) is 0 Å². The average Bonchev–Trinajstić information content (AvgIpc) is 3.44. The molecular formula is C71H131N2O7P. The first kappa shape index (κ1) is 78.5. The second-order valence-electron chi connectivity index (χ2n) is 24.3. The summed E-state index contributed by atoms with van der Waals surface area (Å²) in [5.41, 5.74) is 0. The Morgan fingerprint density at radius 3 is 1.19 bits per heavy atom. The zero-order valence-electron chi connectivity index (χ0n) is 54.0. The Hall–Kier alpha value is -2.55. The molecule has 10 heteroatoms. The van der Waals surface area contributed by atoms with Crippen LogP contribution in [0.3, 0.4) is 0 Å². The number of quaternary nitrogens is 1. The van der Waals surface area contributed by atoms with Gasteiger partial charge in [0.1, 0.15) is 19.3 Å². The lowest BCUT2D eigenvalue weighted by Gasteiger charge is -2.30. The van der Waals surface area contributed by atoms with Gasteiger partial charge in [-0.15, -0.1) is 0 Å². The van der Waals surface area contributed by atoms with Crippen molar-refractivity contribution < 1.29 is 37.3 Å². The summed E-state index contributed by atoms with van der Waals surface area (Å²) in [4.78, 5) is 40.1. The van der Waals surface area contributed by atoms with E-state index < -0.39 is 20.0 Å². The summed E-state index contributed by atoms with van der Waals surface area (Å²) >= 11 is 0. The molecule has 0 aromatic rings. The number of rotatable bonds is 62. The van der Waals surface area contributed by atoms with Gasteiger partial charge in [0.2, 0.25) is 5.91 Å². The number of hydrogen-bond donors (Lipinski definition) is 1. The second-order valence-corrected chi connectivity index (χ2v) is 25.7. The van der Waals surface area contributed by atoms with Crippen LogP contribution in [0.2, 0.25) is 0 Å². The molecule has 0 radical (unpaired) electrons. The number of esters is 1. The van der Waals surface area contributed by atoms with Crippen LogP contribution in [0.25, 0.3) is 0 Å². The molecular weight excluding hydrogens is 1020 g/mol. The number of phosphoric acid groups is 1. The molecule has 0 aliphatic rings. The Bertz CT molecular complexity index is 1620. The standard InChI is InChI=1S/C71H131N2O7P/c1-7-10-13-16-19-22-25-28-30-32-33-34-35-36-37-38-39-40-41-42-44-46-49-52-55-58-61-64-71(75)80-69(62-59-56-53-50-47-27-24-21-18-15-12-9-3)68(67-79-81(76,77)78-66-65-73(4,5)6)72-70(74)63-60-57-54-51-48-45-43-31-29-26-23-20-17-14-11-8-2/h10,13,19,22,28,30,33-34,36-37,59,62,68-69H,7-9,11-12,14-18,20-21,23-27,29,31-32,35,38-58,60-61,63-67H2,1-6H3,(H-,72,74,76,77)/b13-10-,22-19-,30-28-,34-33-,37-36-,62-59-. The minimum absolute atomic E-state index is 0.0226. The number of ether oxygens (including phenoxy) is 1. The van der Waals surface area contributed by atoms with Crippen LogP contribution in [0, 0.1) is 0 Å². The average molecular weight is 1160 g/mol. The quantitative estimate of drug-likeness (QED) is 0.0212. The molecule has 0 saturated carbocycles. The predicted molar refractivity (Wildman–Crippen MR) is 348 cm³/mol. The van der Waals surface area contributed by atoms with Gasteiger partial charge in [0.25, 0.3) is 7.82 Å². The van der Waals surface area contributed by atoms with Gasteiger partial charge in [-0.25, -0.2) is 0 Å². The summed E-state index contributed by atoms with van der Waals surface area (Å²) < 4.78 is 30.4. The number of amides is 1. The summed E-state index contributed by atoms with van der Waals surface area (Å²) in [7, 11) is 1.19. The van der Waals surface area contributed by atoms with Crippen LogP contribution >= 0.6 is 7.82 Å². The third-order valence-electron chi connectivity index (χ3n) is 15.2. The van der Waals surface area contributed by atoms with Gasteiger partial charge in [0, 0.05) is 12.8 Å². The third kappa shape index (κ3) is 61.8. The summed E-state index contributed by atoms with van der Waals surface area (Å²) in [6, 6.07) is -0.889. The molecule has 0 aromatic heterocycles. The first-order valence-corrected chi connectivity index (χ1v) is 35.7. The van der Waals surface area contributed by atoms with Crippen molar-refractivity contribution in [2.24, 2.45) is 0 Å². The molecule has 0 aliphatic carbocycles. The van der Waals surface area contributed by atoms with Crippen molar-refractivity contribution in [3.05, 3.63) is 72.9 Å². The second kappa shape index (κ2) is 60.6. The number of nitrogens with one attached hydrogen (secondary N) is 1. The largest absolute Gasteiger partial charge is 0.756 e. The van der Waals surface area contributed by atoms with Gasteiger partial charge in [0.15, 0.2) is 0 Å². The smallest absolute Gasteiger partial charge is 0.306 e. The molecule has 0 heterocycles. The highest BCUT2D eigenvalue weighted by atomic mass is 31.2. The Morgan fingerprint density at radius 1 is 0.444 bits per heavy atom. The Kier molecular flexibility index (Phi) is 58.7. The van der Waals surface area contributed by atoms with Crippen molar-refractivity contribution in [1.82, 2.24) is 5.32 Å². The molecule has 472 valence electrons. The van der Waals surface area contributed by atoms with Gasteiger partial charge in [-0.2, -0.15) is 0 Å². The van der Waals surface area contributed by atoms with Crippen molar-refractivity contribution in [2.45, 2.75) is 328 Å². The van der Waals surface area contributed by atoms with Crippen LogP contribution in [0.1, 0.15) is 316 Å². The summed E-state index contributed by atoms with van der Waals surface area (Å²) in [6.45, 7) is 6.76. The highest BCUT2D eigenvalue weighted by Gasteiger charge is 2.27. The van der Waals surface area contributed by atoms with Crippen LogP contribution in [-0.2, 0) is 27.9 Å². The van der Waals surface area contributed by atoms with E-state index in [1.807, 2.05) is 33.3 Å². The summed E-state index contributed by atoms with van der Waals surface area (Å²) in [6.07, 6.45) is 78.7. The molecule has 81 heavy (non-hydrogen) atoms. The number of phosphoric ester groups is 1. The van der Waals surface area contributed by atoms with Gasteiger partial charge in [-0.05, 0) is 76.7 Å². The fraction of sp³-hybridized carbons (Fsp3) is 0.803. The SMILES string of the molecule is CC/C=C\C/C=C\C/C=C\C/C=C\C/C=C\CCCCCCCCCCCCCC(=O)OC(/C=C\CCCCCCCCCCCC)C(COP(=O)([O-])OCC[N+](C)(C)C)NC(=O)CCCCCCCCCCCCCCCCCC. The minimum atomic E-state index is -4.70. The first-order valence-electron chi connectivity index (χ1n) is 34.2. The number of hydrogen-bond acceptors (Lipinski definition) is 7. The molecule has 0 aliphatic heterocycles. The van der Waals surface area contributed by atoms with Gasteiger partial charge in [-0.1, -0.05) is 299 Å². The molecule has 9 nitrogen and oxygen atoms in total. The van der Waals surface area contributed by atoms with Crippen molar-refractivity contribution in [3.63, 3.8) is 0 Å². The van der Waals surface area contributed by atoms with Crippen molar-refractivity contribution in [1.29, 1.82) is 0 Å². The van der Waals surface area contributed by atoms with E-state index in [2.05, 4.69) is 86.8 Å². The number of nitrogens with zero attached hydrogens (tertiary/aromatic N) is 1. The van der Waals surface area contributed by atoms with E-state index in [0.717, 1.165) is 89.9 Å². The number of likely N-dealkylation sites (N-methyl/N-ethyl adjacent to an activating group) is 1. The number of carbonyl (C=O) groups is 2. The van der Waals surface area contributed by atoms with Crippen LogP contribution in [0.15, 0.2) is 72.9 Å². The van der Waals surface area contributed by atoms with Gasteiger partial charge < -0.3 is 28.5 Å². The lowest BCUT2D eigenvalue weighted by atomic mass is 10.0. The predicted octanol–water partition coefficient (Wildman–Crippen LogP) is 20.9. The summed E-state index contributed by atoms with van der Waals surface area (Å²) in [5.74, 6) is -0.534. The Balaban J connectivity index is 5.05. The summed E-state index contributed by atoms with van der Waals surface area (Å²) in [5, 5.41) is 3.04. The monoisotopic (exact) mass is 1150 g/mol. The maximum atomic E-state index is 13.6. The van der Waals surface area contributed by atoms with E-state index in [9.17, 15) is 19.0 Å².